The molecule has 6 fully saturated rings. The molecule has 0 aliphatic carbocycles. The van der Waals surface area contributed by atoms with Crippen LogP contribution in [0.4, 0.5) is 31.8 Å². The van der Waals surface area contributed by atoms with Crippen LogP contribution in [0.5, 0.6) is 0 Å². The summed E-state index contributed by atoms with van der Waals surface area (Å²) in [5, 5.41) is 53.4. The largest absolute Gasteiger partial charge is 1.00 e. The van der Waals surface area contributed by atoms with Crippen molar-refractivity contribution >= 4 is 176 Å². The molecular weight excluding hydrogens is 2010 g/mol. The number of nitrogens with two attached hydrogens (primary N) is 2. The van der Waals surface area contributed by atoms with Crippen molar-refractivity contribution in [1.29, 1.82) is 5.53 Å². The minimum absolute atomic E-state index is 0. The van der Waals surface area contributed by atoms with E-state index in [0.717, 1.165) is 190 Å². The summed E-state index contributed by atoms with van der Waals surface area (Å²) < 4.78 is 53.5. The van der Waals surface area contributed by atoms with E-state index < -0.39 is 18.4 Å². The van der Waals surface area contributed by atoms with Gasteiger partial charge in [-0.1, -0.05) is 76.7 Å². The number of carbonyl (C=O) groups is 2. The van der Waals surface area contributed by atoms with Crippen LogP contribution in [-0.4, -0.2) is 184 Å². The minimum atomic E-state index is -1.00. The molecule has 3 spiro atoms. The van der Waals surface area contributed by atoms with Crippen molar-refractivity contribution in [2.45, 2.75) is 168 Å². The summed E-state index contributed by atoms with van der Waals surface area (Å²) in [6.07, 6.45) is 27.1. The molecule has 9 aromatic heterocycles. The number of fused-ring (bicyclic) bond motifs is 6. The molecule has 0 radical (unpaired) electrons. The van der Waals surface area contributed by atoms with Gasteiger partial charge in [-0.15, -0.1) is 6.20 Å². The van der Waals surface area contributed by atoms with Crippen molar-refractivity contribution in [3.8, 4) is 0 Å². The van der Waals surface area contributed by atoms with Gasteiger partial charge >= 0.3 is 41.7 Å². The van der Waals surface area contributed by atoms with Crippen LogP contribution in [-0.2, 0) is 37.2 Å². The Labute approximate surface area is 838 Å². The molecule has 15 heterocycles. The van der Waals surface area contributed by atoms with Gasteiger partial charge in [-0.2, -0.15) is 5.53 Å². The van der Waals surface area contributed by atoms with Crippen LogP contribution in [0.3, 0.4) is 0 Å². The summed E-state index contributed by atoms with van der Waals surface area (Å²) in [4.78, 5) is 77.4. The monoisotopic (exact) mass is 2110 g/mol. The SMILES string of the molecule is C[C@@H]1OCC2(CCN(c3nc[c-]c4nccn34)CC2)[C@@H]1NC(=O)OC(C)(C)C.C[C@@H]1OCC2(CCN(c3ncc(Sc4ccnc5c(Br)cccc45)c4nccn34)CC2)[C@@H]1N.C[C@@H]1OCC2(CCN(c3ncc(Sc4ccnc5c(Br)cccc45)c4nccn34)CC2)[C@@H]1NC(=O)OC(C)(C)C.Clc1ccnc2c(Br)cccc12.N=N/N=N/N=N/N=N/N=N/N=N/N=N/N=N/N.[2H]CF.[Na+].[SH-]. The van der Waals surface area contributed by atoms with Gasteiger partial charge in [0.1, 0.15) is 11.2 Å². The number of imidazole rings is 3. The van der Waals surface area contributed by atoms with E-state index in [1.54, 1.807) is 48.2 Å². The van der Waals surface area contributed by atoms with Gasteiger partial charge in [0.2, 0.25) is 17.8 Å². The maximum absolute atomic E-state index is 12.6. The average molecular weight is 2110 g/mol. The first-order valence-electron chi connectivity index (χ1n) is 42.3. The zero-order valence-electron chi connectivity index (χ0n) is 75.7. The van der Waals surface area contributed by atoms with Crippen LogP contribution in [0.1, 0.15) is 102 Å². The van der Waals surface area contributed by atoms with Crippen LogP contribution in [0.15, 0.2) is 259 Å². The van der Waals surface area contributed by atoms with Crippen molar-refractivity contribution in [2.24, 2.45) is 106 Å². The summed E-state index contributed by atoms with van der Waals surface area (Å²) in [6.45, 7) is 24.5. The predicted octanol–water partition coefficient (Wildman–Crippen LogP) is 16.5. The number of hydrogen-bond acceptors (Lipinski definition) is 25. The first kappa shape index (κ1) is 103. The second kappa shape index (κ2) is 48.0. The molecule has 42 nitrogen and oxygen atoms in total. The van der Waals surface area contributed by atoms with E-state index in [1.807, 2.05) is 170 Å². The second-order valence-corrected chi connectivity index (χ2v) is 38.3. The maximum atomic E-state index is 12.6. The molecule has 702 valence electrons. The van der Waals surface area contributed by atoms with E-state index in [-0.39, 0.29) is 108 Å². The van der Waals surface area contributed by atoms with Crippen molar-refractivity contribution in [3.05, 3.63) is 172 Å². The molecular formula is C83H98Br3ClFN35NaO7S3-. The number of alkyl carbamates (subject to hydrolysis) is 2. The molecule has 6 atom stereocenters. The predicted molar refractivity (Wildman–Crippen MR) is 511 cm³/mol. The number of anilines is 3. The third kappa shape index (κ3) is 25.6. The van der Waals surface area contributed by atoms with Crippen LogP contribution >= 0.6 is 82.9 Å². The van der Waals surface area contributed by atoms with Crippen molar-refractivity contribution in [1.82, 2.24) is 68.7 Å². The van der Waals surface area contributed by atoms with Gasteiger partial charge in [0.05, 0.1) is 90.1 Å². The maximum Gasteiger partial charge on any atom is 1.00 e. The van der Waals surface area contributed by atoms with Gasteiger partial charge in [-0.05, 0) is 264 Å². The summed E-state index contributed by atoms with van der Waals surface area (Å²) in [5.41, 5.74) is 16.8. The van der Waals surface area contributed by atoms with Gasteiger partial charge < -0.3 is 84.6 Å². The Hall–Kier alpha value is -10.2. The first-order chi connectivity index (χ1) is 64.1. The summed E-state index contributed by atoms with van der Waals surface area (Å²) in [5.74, 6) is 7.27. The Morgan fingerprint density at radius 2 is 0.888 bits per heavy atom. The van der Waals surface area contributed by atoms with Crippen molar-refractivity contribution in [2.75, 3.05) is 80.9 Å². The number of piperidine rings is 3. The molecule has 6 aliphatic rings. The van der Waals surface area contributed by atoms with Crippen molar-refractivity contribution in [3.63, 3.8) is 0 Å². The summed E-state index contributed by atoms with van der Waals surface area (Å²) >= 11 is 19.9. The fraction of sp³-hybridized carbons (Fsp3) is 0.434. The molecule has 2 amide bonds. The van der Waals surface area contributed by atoms with Crippen LogP contribution < -0.4 is 66.5 Å². The third-order valence-electron chi connectivity index (χ3n) is 22.9. The number of para-hydroxylation sites is 3. The normalized spacial score (nSPS) is 19.8. The van der Waals surface area contributed by atoms with Gasteiger partial charge in [-0.25, -0.2) is 29.5 Å². The Morgan fingerprint density at radius 1 is 0.522 bits per heavy atom. The number of nitrogens with one attached hydrogen (secondary N) is 3. The number of amides is 2. The Bertz CT molecular complexity index is 6220. The number of nitrogens with zero attached hydrogens (tertiary/aromatic N) is 30. The summed E-state index contributed by atoms with van der Waals surface area (Å²) in [7, 11) is -1.00. The molecule has 0 bridgehead atoms. The minimum Gasteiger partial charge on any atom is -0.813 e. The molecule has 6 saturated heterocycles. The Balaban J connectivity index is 0.000000168. The van der Waals surface area contributed by atoms with E-state index in [2.05, 4.69) is 221 Å². The molecule has 7 N–H and O–H groups in total. The number of carbonyl (C=O) groups excluding carboxylic acids is 2. The number of pyridine rings is 3. The number of rotatable bonds is 16. The molecule has 134 heavy (non-hydrogen) atoms. The van der Waals surface area contributed by atoms with E-state index in [4.69, 9.17) is 62.9 Å². The third-order valence-corrected chi connectivity index (χ3v) is 27.3. The molecule has 6 aliphatic heterocycles. The van der Waals surface area contributed by atoms with Crippen LogP contribution in [0.25, 0.3) is 49.7 Å². The topological polar surface area (TPSA) is 505 Å². The molecule has 3 aromatic carbocycles. The Morgan fingerprint density at radius 3 is 1.29 bits per heavy atom. The number of hydrogen-bond donors (Lipinski definition) is 5. The zero-order chi connectivity index (χ0) is 94.5. The van der Waals surface area contributed by atoms with Gasteiger partial charge in [0.25, 0.3) is 0 Å². The molecule has 18 rings (SSSR count). The number of aromatic nitrogens is 12. The fourth-order valence-electron chi connectivity index (χ4n) is 16.6. The van der Waals surface area contributed by atoms with Crippen LogP contribution in [0.2, 0.25) is 5.02 Å². The molecule has 0 saturated carbocycles. The molecule has 12 aromatic rings. The van der Waals surface area contributed by atoms with Crippen LogP contribution in [0, 0.1) is 27.8 Å². The van der Waals surface area contributed by atoms with E-state index in [0.29, 0.717) is 13.2 Å². The first-order valence-corrected chi connectivity index (χ1v) is 46.0. The van der Waals surface area contributed by atoms with E-state index in [1.165, 1.54) is 0 Å². The molecule has 51 heteroatoms. The quantitative estimate of drug-likeness (QED) is 0.0114. The standard InChI is InChI=1S/C29H33BrN6O3S.C24H25BrN6OS.C20H28N5O3.C9H5BrClN.CH3F.H3N17.Na.H2S/c1-18-24(34-27(37)39-28(2,3)4)29(17-38-18)9-13-35(14-10-29)26-33-16-22(25-32-12-15-36(25)26)40-21-8-11-31-23-19(21)6-5-7-20(23)30;1-15-21(26)24(14-32-15)6-10-30(11-7-24)23-29-13-19(22-28-9-12-31(22)23)33-18-5-8-27-20-16(18)3-2-4-17(20)25;1-14-16(23-18(26)28-19(2,3)4)20(13-27-14)6-10-24(11-7-20)17-22-8-5-15-21-9-12-25(15)17;10-7-3-1-2-6-8(11)4-5-12-9(6)7;1-2;1-3-5-7-9-11-13-15-17-16-14-12-10-8-6-4-2;;/h5-8,11-12,15-16,18,24H,9-10,13-14,17H2,1-4H3,(H,34,37);2-5,8-9,12-13,15,21H,6-7,10-11,14,26H2,1H3;8-9,12,14,16H,6-7,10-11,13H2,1-4H3,(H,23,26);1-5H;1H3;(H3,1,2,5,6,9,10,13,14,17);;1H2/q;;-1;;;;+1;/p-1/t18-,24+;15-,21+;14-,16+;;;;;/m000...../s1/i;;;;1D;;;. The van der Waals surface area contributed by atoms with Gasteiger partial charge in [0, 0.05) is 169 Å². The number of thiol groups is 1. The van der Waals surface area contributed by atoms with E-state index >= 15 is 0 Å². The number of alkyl halides is 1. The summed E-state index contributed by atoms with van der Waals surface area (Å²) in [6, 6.07) is 27.0. The fourth-order valence-corrected chi connectivity index (χ4v) is 20.2. The van der Waals surface area contributed by atoms with Crippen molar-refractivity contribution < 1.29 is 68.6 Å². The Kier molecular flexibility index (Phi) is 36.8. The van der Waals surface area contributed by atoms with Gasteiger partial charge in [-0.3, -0.25) is 38.1 Å². The number of benzene rings is 3. The smallest absolute Gasteiger partial charge is 0.813 e. The number of halogens is 5. The second-order valence-electron chi connectivity index (χ2n) is 33.2. The zero-order valence-corrected chi connectivity index (χ0v) is 84.8. The van der Waals surface area contributed by atoms with E-state index in [9.17, 15) is 14.0 Å². The average Bonchev–Trinajstić information content (AvgIpc) is 1.60. The number of ether oxygens (including phenoxy) is 5. The molecule has 0 unspecified atom stereocenters. The van der Waals surface area contributed by atoms with Gasteiger partial charge in [0.15, 0.2) is 11.3 Å².